The summed E-state index contributed by atoms with van der Waals surface area (Å²) >= 11 is 2.08. The zero-order valence-corrected chi connectivity index (χ0v) is 8.39. The Balaban J connectivity index is 2.36. The van der Waals surface area contributed by atoms with Crippen LogP contribution < -0.4 is 0 Å². The Bertz CT molecular complexity index is 195. The smallest absolute Gasteiger partial charge is 0.269 e. The zero-order valence-electron chi connectivity index (χ0n) is 5.42. The van der Waals surface area contributed by atoms with Crippen molar-refractivity contribution in [2.75, 3.05) is 11.0 Å². The summed E-state index contributed by atoms with van der Waals surface area (Å²) in [5.74, 6) is 0. The van der Waals surface area contributed by atoms with E-state index in [-0.39, 0.29) is 5.25 Å². The van der Waals surface area contributed by atoms with Crippen molar-refractivity contribution in [1.29, 1.82) is 0 Å². The van der Waals surface area contributed by atoms with Crippen molar-refractivity contribution in [2.24, 2.45) is 0 Å². The predicted octanol–water partition coefficient (Wildman–Crippen LogP) is 0.930. The van der Waals surface area contributed by atoms with E-state index in [2.05, 4.69) is 26.8 Å². The van der Waals surface area contributed by atoms with Gasteiger partial charge in [0.15, 0.2) is 0 Å². The maximum Gasteiger partial charge on any atom is 0.270 e. The third-order valence-electron chi connectivity index (χ3n) is 1.26. The van der Waals surface area contributed by atoms with E-state index in [4.69, 9.17) is 0 Å². The largest absolute Gasteiger partial charge is 0.270 e. The van der Waals surface area contributed by atoms with Crippen molar-refractivity contribution in [3.63, 3.8) is 0 Å². The highest BCUT2D eigenvalue weighted by atomic mass is 127. The molecular formula is C5H9IO3S. The molecule has 0 aromatic heterocycles. The number of rotatable bonds is 4. The van der Waals surface area contributed by atoms with Gasteiger partial charge in [0.25, 0.3) is 10.1 Å². The lowest BCUT2D eigenvalue weighted by Crippen LogP contribution is -2.12. The average molecular weight is 276 g/mol. The molecule has 0 spiro atoms. The van der Waals surface area contributed by atoms with Gasteiger partial charge in [0, 0.05) is 4.43 Å². The maximum absolute atomic E-state index is 10.9. The molecular weight excluding hydrogens is 267 g/mol. The van der Waals surface area contributed by atoms with Gasteiger partial charge in [-0.3, -0.25) is 4.18 Å². The summed E-state index contributed by atoms with van der Waals surface area (Å²) in [6.45, 7) is 0.319. The predicted molar refractivity (Wildman–Crippen MR) is 46.8 cm³/mol. The monoisotopic (exact) mass is 276 g/mol. The second kappa shape index (κ2) is 3.36. The Labute approximate surface area is 74.4 Å². The van der Waals surface area contributed by atoms with Gasteiger partial charge in [-0.25, -0.2) is 0 Å². The highest BCUT2D eigenvalue weighted by Crippen LogP contribution is 2.29. The molecule has 1 saturated carbocycles. The van der Waals surface area contributed by atoms with E-state index < -0.39 is 10.1 Å². The second-order valence-electron chi connectivity index (χ2n) is 2.20. The fraction of sp³-hybridized carbons (Fsp3) is 1.00. The first-order valence-electron chi connectivity index (χ1n) is 3.11. The Hall–Kier alpha value is 0.640. The zero-order chi connectivity index (χ0) is 7.61. The summed E-state index contributed by atoms with van der Waals surface area (Å²) in [5, 5.41) is -0.185. The topological polar surface area (TPSA) is 43.4 Å². The van der Waals surface area contributed by atoms with Gasteiger partial charge in [-0.1, -0.05) is 22.6 Å². The van der Waals surface area contributed by atoms with Gasteiger partial charge in [-0.05, 0) is 12.8 Å². The van der Waals surface area contributed by atoms with Crippen molar-refractivity contribution in [3.05, 3.63) is 0 Å². The molecule has 0 bridgehead atoms. The fourth-order valence-corrected chi connectivity index (χ4v) is 2.34. The van der Waals surface area contributed by atoms with E-state index in [1.54, 1.807) is 0 Å². The highest BCUT2D eigenvalue weighted by molar-refractivity contribution is 14.1. The lowest BCUT2D eigenvalue weighted by Gasteiger charge is -1.99. The minimum atomic E-state index is -3.15. The van der Waals surface area contributed by atoms with Crippen LogP contribution in [0.5, 0.6) is 0 Å². The summed E-state index contributed by atoms with van der Waals surface area (Å²) in [5.41, 5.74) is 0. The molecule has 0 atom stereocenters. The Morgan fingerprint density at radius 3 is 2.50 bits per heavy atom. The lowest BCUT2D eigenvalue weighted by atomic mass is 10.9. The van der Waals surface area contributed by atoms with Crippen molar-refractivity contribution in [2.45, 2.75) is 18.1 Å². The number of hydrogen-bond donors (Lipinski definition) is 0. The van der Waals surface area contributed by atoms with Gasteiger partial charge in [-0.15, -0.1) is 0 Å². The summed E-state index contributed by atoms with van der Waals surface area (Å²) < 4.78 is 27.2. The molecule has 0 radical (unpaired) electrons. The van der Waals surface area contributed by atoms with Gasteiger partial charge < -0.3 is 0 Å². The highest BCUT2D eigenvalue weighted by Gasteiger charge is 2.36. The van der Waals surface area contributed by atoms with Crippen LogP contribution in [-0.2, 0) is 14.3 Å². The molecule has 0 amide bonds. The Morgan fingerprint density at radius 2 is 2.10 bits per heavy atom. The number of alkyl halides is 1. The van der Waals surface area contributed by atoms with Gasteiger partial charge in [0.2, 0.25) is 0 Å². The molecule has 1 aliphatic rings. The SMILES string of the molecule is O=S(=O)(OCCI)C1CC1. The molecule has 0 aromatic carbocycles. The van der Waals surface area contributed by atoms with Crippen molar-refractivity contribution in [3.8, 4) is 0 Å². The Kier molecular flexibility index (Phi) is 2.93. The first-order chi connectivity index (χ1) is 4.67. The van der Waals surface area contributed by atoms with E-state index in [0.717, 1.165) is 17.3 Å². The van der Waals surface area contributed by atoms with Crippen LogP contribution in [0.4, 0.5) is 0 Å². The molecule has 1 aliphatic carbocycles. The summed E-state index contributed by atoms with van der Waals surface area (Å²) in [6.07, 6.45) is 1.56. The molecule has 0 N–H and O–H groups in total. The molecule has 5 heteroatoms. The van der Waals surface area contributed by atoms with Crippen LogP contribution in [0.3, 0.4) is 0 Å². The van der Waals surface area contributed by atoms with Crippen molar-refractivity contribution < 1.29 is 12.6 Å². The van der Waals surface area contributed by atoms with Crippen molar-refractivity contribution >= 4 is 32.7 Å². The third kappa shape index (κ3) is 2.35. The molecule has 3 nitrogen and oxygen atoms in total. The van der Waals surface area contributed by atoms with Gasteiger partial charge in [0.1, 0.15) is 0 Å². The van der Waals surface area contributed by atoms with E-state index in [1.165, 1.54) is 0 Å². The molecule has 60 valence electrons. The van der Waals surface area contributed by atoms with Crippen LogP contribution in [0.15, 0.2) is 0 Å². The average Bonchev–Trinajstić information content (AvgIpc) is 2.64. The van der Waals surface area contributed by atoms with Crippen LogP contribution >= 0.6 is 22.6 Å². The summed E-state index contributed by atoms with van der Waals surface area (Å²) in [4.78, 5) is 0. The van der Waals surface area contributed by atoms with Crippen LogP contribution in [-0.4, -0.2) is 24.7 Å². The molecule has 0 aliphatic heterocycles. The van der Waals surface area contributed by atoms with Crippen LogP contribution in [0, 0.1) is 0 Å². The summed E-state index contributed by atoms with van der Waals surface area (Å²) in [6, 6.07) is 0. The second-order valence-corrected chi connectivity index (χ2v) is 5.17. The van der Waals surface area contributed by atoms with Gasteiger partial charge >= 0.3 is 0 Å². The molecule has 0 saturated heterocycles. The first kappa shape index (κ1) is 8.73. The number of hydrogen-bond acceptors (Lipinski definition) is 3. The molecule has 1 fully saturated rings. The lowest BCUT2D eigenvalue weighted by molar-refractivity contribution is 0.342. The van der Waals surface area contributed by atoms with Crippen molar-refractivity contribution in [1.82, 2.24) is 0 Å². The van der Waals surface area contributed by atoms with Crippen LogP contribution in [0.1, 0.15) is 12.8 Å². The standard InChI is InChI=1S/C5H9IO3S/c6-3-4-9-10(7,8)5-1-2-5/h5H,1-4H2. The maximum atomic E-state index is 10.9. The number of halogens is 1. The van der Waals surface area contributed by atoms with Gasteiger partial charge in [0.05, 0.1) is 11.9 Å². The van der Waals surface area contributed by atoms with E-state index in [0.29, 0.717) is 6.61 Å². The molecule has 0 heterocycles. The Morgan fingerprint density at radius 1 is 1.50 bits per heavy atom. The molecule has 0 unspecified atom stereocenters. The molecule has 1 rings (SSSR count). The van der Waals surface area contributed by atoms with E-state index in [1.807, 2.05) is 0 Å². The molecule has 10 heavy (non-hydrogen) atoms. The fourth-order valence-electron chi connectivity index (χ4n) is 0.601. The minimum Gasteiger partial charge on any atom is -0.269 e. The van der Waals surface area contributed by atoms with Crippen LogP contribution in [0.25, 0.3) is 0 Å². The summed E-state index contributed by atoms with van der Waals surface area (Å²) in [7, 11) is -3.15. The van der Waals surface area contributed by atoms with E-state index >= 15 is 0 Å². The van der Waals surface area contributed by atoms with Gasteiger partial charge in [-0.2, -0.15) is 8.42 Å². The quantitative estimate of drug-likeness (QED) is 0.436. The molecule has 0 aromatic rings. The first-order valence-corrected chi connectivity index (χ1v) is 6.11. The minimum absolute atomic E-state index is 0.185. The van der Waals surface area contributed by atoms with Crippen LogP contribution in [0.2, 0.25) is 0 Å². The third-order valence-corrected chi connectivity index (χ3v) is 3.48. The normalized spacial score (nSPS) is 19.3. The van der Waals surface area contributed by atoms with E-state index in [9.17, 15) is 8.42 Å².